The molecular weight excluding hydrogens is 162 g/mol. The van der Waals surface area contributed by atoms with Crippen LogP contribution in [0, 0.1) is 23.2 Å². The van der Waals surface area contributed by atoms with E-state index in [9.17, 15) is 0 Å². The first kappa shape index (κ1) is 12.4. The van der Waals surface area contributed by atoms with E-state index in [1.54, 1.807) is 0 Å². The van der Waals surface area contributed by atoms with Gasteiger partial charge in [0.15, 0.2) is 0 Å². The third-order valence-electron chi connectivity index (χ3n) is 1.85. The molecule has 0 atom stereocenters. The van der Waals surface area contributed by atoms with Gasteiger partial charge in [-0.1, -0.05) is 27.7 Å². The maximum absolute atomic E-state index is 8.41. The first-order chi connectivity index (χ1) is 6.06. The largest absolute Gasteiger partial charge is 0.363 e. The molecule has 0 aliphatic heterocycles. The summed E-state index contributed by atoms with van der Waals surface area (Å²) in [6.07, 6.45) is 2.37. The first-order valence-electron chi connectivity index (χ1n) is 5.04. The van der Waals surface area contributed by atoms with Crippen molar-refractivity contribution >= 4 is 0 Å². The van der Waals surface area contributed by atoms with Crippen LogP contribution < -0.4 is 0 Å². The van der Waals surface area contributed by atoms with Crippen LogP contribution in [-0.2, 0) is 4.74 Å². The second kappa shape index (κ2) is 6.91. The number of hydrogen-bond acceptors (Lipinski definition) is 2. The summed E-state index contributed by atoms with van der Waals surface area (Å²) in [6, 6.07) is 2.02. The summed E-state index contributed by atoms with van der Waals surface area (Å²) >= 11 is 0. The normalized spacial score (nSPS) is 11.2. The SMILES string of the molecule is CC(C)CC(CC(C)C)OCC#N. The lowest BCUT2D eigenvalue weighted by Crippen LogP contribution is -2.18. The second-order valence-corrected chi connectivity index (χ2v) is 4.35. The quantitative estimate of drug-likeness (QED) is 0.634. The third kappa shape index (κ3) is 7.80. The summed E-state index contributed by atoms with van der Waals surface area (Å²) in [4.78, 5) is 0. The Labute approximate surface area is 81.9 Å². The Hall–Kier alpha value is -0.550. The Balaban J connectivity index is 3.81. The summed E-state index contributed by atoms with van der Waals surface area (Å²) in [5.41, 5.74) is 0. The Bertz CT molecular complexity index is 148. The van der Waals surface area contributed by atoms with Gasteiger partial charge in [-0.05, 0) is 24.7 Å². The van der Waals surface area contributed by atoms with Crippen molar-refractivity contribution in [2.24, 2.45) is 11.8 Å². The van der Waals surface area contributed by atoms with Crippen molar-refractivity contribution in [1.82, 2.24) is 0 Å². The first-order valence-corrected chi connectivity index (χ1v) is 5.04. The monoisotopic (exact) mass is 183 g/mol. The molecule has 0 saturated carbocycles. The Morgan fingerprint density at radius 2 is 1.54 bits per heavy atom. The molecule has 2 heteroatoms. The van der Waals surface area contributed by atoms with Gasteiger partial charge in [-0.3, -0.25) is 0 Å². The molecule has 0 unspecified atom stereocenters. The van der Waals surface area contributed by atoms with E-state index in [4.69, 9.17) is 10.00 Å². The van der Waals surface area contributed by atoms with Crippen molar-refractivity contribution in [2.45, 2.75) is 46.6 Å². The highest BCUT2D eigenvalue weighted by Crippen LogP contribution is 2.16. The summed E-state index contributed by atoms with van der Waals surface area (Å²) in [5.74, 6) is 1.28. The molecule has 0 amide bonds. The molecule has 0 aromatic carbocycles. The smallest absolute Gasteiger partial charge is 0.134 e. The average Bonchev–Trinajstić information content (AvgIpc) is 1.98. The summed E-state index contributed by atoms with van der Waals surface area (Å²) in [6.45, 7) is 8.96. The highest BCUT2D eigenvalue weighted by Gasteiger charge is 2.12. The van der Waals surface area contributed by atoms with Gasteiger partial charge >= 0.3 is 0 Å². The van der Waals surface area contributed by atoms with Gasteiger partial charge in [0.1, 0.15) is 6.61 Å². The Morgan fingerprint density at radius 1 is 1.08 bits per heavy atom. The van der Waals surface area contributed by atoms with E-state index < -0.39 is 0 Å². The van der Waals surface area contributed by atoms with Gasteiger partial charge in [-0.15, -0.1) is 0 Å². The molecule has 0 aromatic rings. The molecule has 0 heterocycles. The molecule has 0 aliphatic carbocycles. The van der Waals surface area contributed by atoms with Crippen LogP contribution in [0.5, 0.6) is 0 Å². The standard InChI is InChI=1S/C11H21NO/c1-9(2)7-11(8-10(3)4)13-6-5-12/h9-11H,6-8H2,1-4H3. The number of nitrogens with zero attached hydrogens (tertiary/aromatic N) is 1. The fraction of sp³-hybridized carbons (Fsp3) is 0.909. The number of ether oxygens (including phenoxy) is 1. The van der Waals surface area contributed by atoms with Gasteiger partial charge < -0.3 is 4.74 Å². The predicted molar refractivity (Wildman–Crippen MR) is 54.3 cm³/mol. The molecule has 0 aliphatic rings. The minimum atomic E-state index is 0.226. The molecule has 76 valence electrons. The summed E-state index contributed by atoms with van der Waals surface area (Å²) in [5, 5.41) is 8.41. The lowest BCUT2D eigenvalue weighted by atomic mass is 9.98. The van der Waals surface area contributed by atoms with Crippen LogP contribution in [0.4, 0.5) is 0 Å². The van der Waals surface area contributed by atoms with Gasteiger partial charge in [0.25, 0.3) is 0 Å². The van der Waals surface area contributed by atoms with E-state index in [1.807, 2.05) is 6.07 Å². The highest BCUT2D eigenvalue weighted by atomic mass is 16.5. The molecule has 0 bridgehead atoms. The number of rotatable bonds is 6. The van der Waals surface area contributed by atoms with Gasteiger partial charge in [0.2, 0.25) is 0 Å². The van der Waals surface area contributed by atoms with Crippen molar-refractivity contribution in [1.29, 1.82) is 5.26 Å². The number of hydrogen-bond donors (Lipinski definition) is 0. The van der Waals surface area contributed by atoms with Crippen LogP contribution in [0.15, 0.2) is 0 Å². The predicted octanol–water partition coefficient (Wildman–Crippen LogP) is 2.99. The minimum absolute atomic E-state index is 0.226. The van der Waals surface area contributed by atoms with E-state index in [2.05, 4.69) is 27.7 Å². The molecule has 0 spiro atoms. The molecular formula is C11H21NO. The lowest BCUT2D eigenvalue weighted by molar-refractivity contribution is 0.0459. The molecule has 13 heavy (non-hydrogen) atoms. The fourth-order valence-corrected chi connectivity index (χ4v) is 1.44. The van der Waals surface area contributed by atoms with Crippen LogP contribution in [0.1, 0.15) is 40.5 Å². The fourth-order valence-electron chi connectivity index (χ4n) is 1.44. The Kier molecular flexibility index (Phi) is 6.62. The van der Waals surface area contributed by atoms with Gasteiger partial charge in [-0.2, -0.15) is 5.26 Å². The molecule has 0 rings (SSSR count). The van der Waals surface area contributed by atoms with Crippen molar-refractivity contribution in [2.75, 3.05) is 6.61 Å². The van der Waals surface area contributed by atoms with Gasteiger partial charge in [-0.25, -0.2) is 0 Å². The van der Waals surface area contributed by atoms with E-state index >= 15 is 0 Å². The molecule has 0 saturated heterocycles. The summed E-state index contributed by atoms with van der Waals surface area (Å²) < 4.78 is 5.45. The van der Waals surface area contributed by atoms with Crippen molar-refractivity contribution in [3.8, 4) is 6.07 Å². The summed E-state index contributed by atoms with van der Waals surface area (Å²) in [7, 11) is 0. The molecule has 0 N–H and O–H groups in total. The van der Waals surface area contributed by atoms with Crippen LogP contribution in [0.3, 0.4) is 0 Å². The third-order valence-corrected chi connectivity index (χ3v) is 1.85. The van der Waals surface area contributed by atoms with E-state index in [-0.39, 0.29) is 12.7 Å². The van der Waals surface area contributed by atoms with Gasteiger partial charge in [0, 0.05) is 0 Å². The maximum atomic E-state index is 8.41. The zero-order valence-corrected chi connectivity index (χ0v) is 9.21. The van der Waals surface area contributed by atoms with E-state index in [1.165, 1.54) is 0 Å². The minimum Gasteiger partial charge on any atom is -0.363 e. The van der Waals surface area contributed by atoms with Crippen molar-refractivity contribution in [3.05, 3.63) is 0 Å². The van der Waals surface area contributed by atoms with Crippen LogP contribution in [0.2, 0.25) is 0 Å². The van der Waals surface area contributed by atoms with Gasteiger partial charge in [0.05, 0.1) is 12.2 Å². The molecule has 0 aromatic heterocycles. The molecule has 0 fully saturated rings. The Morgan fingerprint density at radius 3 is 1.85 bits per heavy atom. The molecule has 0 radical (unpaired) electrons. The lowest BCUT2D eigenvalue weighted by Gasteiger charge is -2.19. The van der Waals surface area contributed by atoms with Crippen molar-refractivity contribution < 1.29 is 4.74 Å². The highest BCUT2D eigenvalue weighted by molar-refractivity contribution is 4.71. The zero-order valence-electron chi connectivity index (χ0n) is 9.21. The topological polar surface area (TPSA) is 33.0 Å². The van der Waals surface area contributed by atoms with E-state index in [0.29, 0.717) is 11.8 Å². The van der Waals surface area contributed by atoms with Crippen LogP contribution in [0.25, 0.3) is 0 Å². The maximum Gasteiger partial charge on any atom is 0.134 e. The van der Waals surface area contributed by atoms with Crippen molar-refractivity contribution in [3.63, 3.8) is 0 Å². The van der Waals surface area contributed by atoms with E-state index in [0.717, 1.165) is 12.8 Å². The average molecular weight is 183 g/mol. The zero-order chi connectivity index (χ0) is 10.3. The van der Waals surface area contributed by atoms with Crippen LogP contribution >= 0.6 is 0 Å². The van der Waals surface area contributed by atoms with Crippen LogP contribution in [-0.4, -0.2) is 12.7 Å². The molecule has 2 nitrogen and oxygen atoms in total. The number of nitriles is 1. The second-order valence-electron chi connectivity index (χ2n) is 4.35.